The van der Waals surface area contributed by atoms with Gasteiger partial charge in [-0.15, -0.1) is 0 Å². The van der Waals surface area contributed by atoms with Crippen molar-refractivity contribution in [2.75, 3.05) is 6.61 Å². The van der Waals surface area contributed by atoms with Gasteiger partial charge in [-0.3, -0.25) is 4.79 Å². The van der Waals surface area contributed by atoms with E-state index in [-0.39, 0.29) is 12.5 Å². The molecule has 1 amide bonds. The van der Waals surface area contributed by atoms with Crippen molar-refractivity contribution in [2.24, 2.45) is 0 Å². The molecule has 0 aliphatic heterocycles. The van der Waals surface area contributed by atoms with E-state index in [1.165, 1.54) is 5.69 Å². The number of halogens is 1. The van der Waals surface area contributed by atoms with E-state index >= 15 is 0 Å². The third-order valence-corrected chi connectivity index (χ3v) is 5.57. The molecule has 1 heterocycles. The number of hydrogen-bond acceptors (Lipinski definition) is 3. The predicted molar refractivity (Wildman–Crippen MR) is 96.5 cm³/mol. The molecule has 2 bridgehead atoms. The van der Waals surface area contributed by atoms with Crippen LogP contribution in [0.2, 0.25) is 5.02 Å². The topological polar surface area (TPSA) is 67.2 Å². The zero-order chi connectivity index (χ0) is 17.8. The van der Waals surface area contributed by atoms with Crippen LogP contribution in [0, 0.1) is 0 Å². The number of benzene rings is 1. The first kappa shape index (κ1) is 16.6. The monoisotopic (exact) mass is 359 g/mol. The van der Waals surface area contributed by atoms with Gasteiger partial charge in [0.15, 0.2) is 5.69 Å². The Kier molecular flexibility index (Phi) is 3.89. The summed E-state index contributed by atoms with van der Waals surface area (Å²) < 4.78 is 1.91. The molecule has 25 heavy (non-hydrogen) atoms. The van der Waals surface area contributed by atoms with E-state index < -0.39 is 5.54 Å². The Labute approximate surface area is 152 Å². The maximum atomic E-state index is 12.8. The van der Waals surface area contributed by atoms with Crippen LogP contribution >= 0.6 is 11.6 Å². The van der Waals surface area contributed by atoms with Crippen LogP contribution in [0.5, 0.6) is 0 Å². The number of nitrogens with one attached hydrogen (secondary N) is 1. The van der Waals surface area contributed by atoms with Crippen LogP contribution in [0.3, 0.4) is 0 Å². The van der Waals surface area contributed by atoms with E-state index in [0.717, 1.165) is 30.5 Å². The van der Waals surface area contributed by atoms with E-state index in [1.54, 1.807) is 13.8 Å². The first-order valence-electron chi connectivity index (χ1n) is 8.72. The van der Waals surface area contributed by atoms with Gasteiger partial charge in [-0.2, -0.15) is 5.10 Å². The van der Waals surface area contributed by atoms with Gasteiger partial charge in [0.2, 0.25) is 0 Å². The van der Waals surface area contributed by atoms with E-state index in [0.29, 0.717) is 22.6 Å². The number of nitrogens with zero attached hydrogens (tertiary/aromatic N) is 2. The van der Waals surface area contributed by atoms with Gasteiger partial charge in [0, 0.05) is 16.5 Å². The highest BCUT2D eigenvalue weighted by Gasteiger charge is 2.44. The lowest BCUT2D eigenvalue weighted by molar-refractivity contribution is 0.0862. The van der Waals surface area contributed by atoms with Crippen molar-refractivity contribution in [1.29, 1.82) is 0 Å². The Morgan fingerprint density at radius 3 is 2.68 bits per heavy atom. The second-order valence-electron chi connectivity index (χ2n) is 7.74. The normalized spacial score (nSPS) is 21.4. The summed E-state index contributed by atoms with van der Waals surface area (Å²) >= 11 is 6.01. The molecule has 1 fully saturated rings. The first-order valence-corrected chi connectivity index (χ1v) is 9.09. The number of carbonyl (C=O) groups excluding carboxylic acids is 1. The lowest BCUT2D eigenvalue weighted by Crippen LogP contribution is -2.46. The molecule has 4 rings (SSSR count). The zero-order valence-electron chi connectivity index (χ0n) is 14.4. The lowest BCUT2D eigenvalue weighted by Gasteiger charge is -2.23. The molecule has 2 aliphatic carbocycles. The summed E-state index contributed by atoms with van der Waals surface area (Å²) in [6, 6.07) is 7.54. The quantitative estimate of drug-likeness (QED) is 0.879. The second-order valence-corrected chi connectivity index (χ2v) is 8.18. The van der Waals surface area contributed by atoms with Crippen molar-refractivity contribution in [1.82, 2.24) is 15.1 Å². The molecule has 2 aliphatic rings. The highest BCUT2D eigenvalue weighted by atomic mass is 35.5. The molecule has 1 aromatic carbocycles. The molecule has 0 saturated heterocycles. The Hall–Kier alpha value is -1.85. The number of aliphatic hydroxyl groups excluding tert-OH is 1. The molecule has 0 unspecified atom stereocenters. The summed E-state index contributed by atoms with van der Waals surface area (Å²) in [6.45, 7) is 3.48. The molecule has 1 aromatic heterocycles. The van der Waals surface area contributed by atoms with Gasteiger partial charge in [0.05, 0.1) is 23.5 Å². The number of hydrogen-bond donors (Lipinski definition) is 2. The highest BCUT2D eigenvalue weighted by Crippen LogP contribution is 2.54. The highest BCUT2D eigenvalue weighted by molar-refractivity contribution is 6.30. The molecule has 1 saturated carbocycles. The van der Waals surface area contributed by atoms with Crippen molar-refractivity contribution < 1.29 is 9.90 Å². The maximum Gasteiger partial charge on any atom is 0.272 e. The predicted octanol–water partition coefficient (Wildman–Crippen LogP) is 3.39. The minimum atomic E-state index is -0.675. The molecule has 2 aromatic rings. The number of rotatable bonds is 4. The van der Waals surface area contributed by atoms with Crippen molar-refractivity contribution in [3.8, 4) is 5.69 Å². The molecular formula is C19H22ClN3O2. The van der Waals surface area contributed by atoms with Crippen LogP contribution in [0.4, 0.5) is 0 Å². The standard InChI is InChI=1S/C19H22ClN3O2/c1-19(2,10-24)21-18(25)16-15-11-3-4-12(9-11)17(15)23(22-16)14-7-5-13(20)6-8-14/h5-8,11-12,24H,3-4,9-10H2,1-2H3,(H,21,25)/t11-,12-/m0/s1. The molecule has 2 atom stereocenters. The molecule has 2 N–H and O–H groups in total. The molecule has 0 radical (unpaired) electrons. The van der Waals surface area contributed by atoms with E-state index in [1.807, 2.05) is 28.9 Å². The number of amides is 1. The number of aliphatic hydroxyl groups is 1. The van der Waals surface area contributed by atoms with Gasteiger partial charge in [-0.25, -0.2) is 4.68 Å². The van der Waals surface area contributed by atoms with Crippen molar-refractivity contribution in [3.05, 3.63) is 46.2 Å². The number of aromatic nitrogens is 2. The van der Waals surface area contributed by atoms with Gasteiger partial charge in [-0.1, -0.05) is 11.6 Å². The second kappa shape index (κ2) is 5.85. The Balaban J connectivity index is 1.79. The van der Waals surface area contributed by atoms with Crippen LogP contribution in [0.1, 0.15) is 66.7 Å². The van der Waals surface area contributed by atoms with Gasteiger partial charge < -0.3 is 10.4 Å². The molecule has 132 valence electrons. The third-order valence-electron chi connectivity index (χ3n) is 5.32. The van der Waals surface area contributed by atoms with Gasteiger partial charge in [0.1, 0.15) is 0 Å². The summed E-state index contributed by atoms with van der Waals surface area (Å²) in [6.07, 6.45) is 3.37. The SMILES string of the molecule is CC(C)(CO)NC(=O)c1nn(-c2ccc(Cl)cc2)c2c1[C@H]1CC[C@H]2C1. The first-order chi connectivity index (χ1) is 11.9. The average Bonchev–Trinajstić information content (AvgIpc) is 3.27. The zero-order valence-corrected chi connectivity index (χ0v) is 15.2. The maximum absolute atomic E-state index is 12.8. The average molecular weight is 360 g/mol. The number of fused-ring (bicyclic) bond motifs is 5. The fourth-order valence-corrected chi connectivity index (χ4v) is 4.21. The van der Waals surface area contributed by atoms with Crippen LogP contribution in [-0.2, 0) is 0 Å². The molecule has 6 heteroatoms. The van der Waals surface area contributed by atoms with E-state index in [9.17, 15) is 9.90 Å². The van der Waals surface area contributed by atoms with E-state index in [4.69, 9.17) is 11.6 Å². The summed E-state index contributed by atoms with van der Waals surface area (Å²) in [5.41, 5.74) is 3.02. The Morgan fingerprint density at radius 2 is 2.00 bits per heavy atom. The number of carbonyl (C=O) groups is 1. The fraction of sp³-hybridized carbons (Fsp3) is 0.474. The van der Waals surface area contributed by atoms with Crippen molar-refractivity contribution in [2.45, 2.75) is 50.5 Å². The molecule has 0 spiro atoms. The Morgan fingerprint density at radius 1 is 1.32 bits per heavy atom. The van der Waals surface area contributed by atoms with Gasteiger partial charge in [-0.05, 0) is 63.3 Å². The lowest BCUT2D eigenvalue weighted by atomic mass is 9.94. The fourth-order valence-electron chi connectivity index (χ4n) is 4.08. The van der Waals surface area contributed by atoms with Crippen LogP contribution < -0.4 is 5.32 Å². The summed E-state index contributed by atoms with van der Waals surface area (Å²) in [7, 11) is 0. The van der Waals surface area contributed by atoms with E-state index in [2.05, 4.69) is 10.4 Å². The largest absolute Gasteiger partial charge is 0.394 e. The van der Waals surface area contributed by atoms with Crippen molar-refractivity contribution >= 4 is 17.5 Å². The van der Waals surface area contributed by atoms with Crippen LogP contribution in [0.15, 0.2) is 24.3 Å². The minimum absolute atomic E-state index is 0.120. The Bertz CT molecular complexity index is 826. The van der Waals surface area contributed by atoms with Gasteiger partial charge in [0.25, 0.3) is 5.91 Å². The molecule has 5 nitrogen and oxygen atoms in total. The molecular weight excluding hydrogens is 338 g/mol. The third kappa shape index (κ3) is 2.75. The van der Waals surface area contributed by atoms with Crippen LogP contribution in [0.25, 0.3) is 5.69 Å². The summed E-state index contributed by atoms with van der Waals surface area (Å²) in [5.74, 6) is 0.671. The summed E-state index contributed by atoms with van der Waals surface area (Å²) in [4.78, 5) is 12.8. The summed E-state index contributed by atoms with van der Waals surface area (Å²) in [5, 5.41) is 17.7. The smallest absolute Gasteiger partial charge is 0.272 e. The van der Waals surface area contributed by atoms with Crippen molar-refractivity contribution in [3.63, 3.8) is 0 Å². The minimum Gasteiger partial charge on any atom is -0.394 e. The van der Waals surface area contributed by atoms with Crippen LogP contribution in [-0.4, -0.2) is 32.9 Å². The van der Waals surface area contributed by atoms with Gasteiger partial charge >= 0.3 is 0 Å².